The van der Waals surface area contributed by atoms with Gasteiger partial charge >= 0.3 is 11.9 Å². The van der Waals surface area contributed by atoms with E-state index >= 15 is 0 Å². The number of nitrogens with one attached hydrogen (secondary N) is 1. The minimum Gasteiger partial charge on any atom is -0.478 e. The van der Waals surface area contributed by atoms with Gasteiger partial charge in [-0.2, -0.15) is 0 Å². The van der Waals surface area contributed by atoms with Gasteiger partial charge in [0.25, 0.3) is 0 Å². The highest BCUT2D eigenvalue weighted by Gasteiger charge is 2.26. The Morgan fingerprint density at radius 2 is 1.96 bits per heavy atom. The maximum Gasteiger partial charge on any atom is 0.376 e. The van der Waals surface area contributed by atoms with E-state index in [4.69, 9.17) is 9.63 Å². The molecule has 0 unspecified atom stereocenters. The van der Waals surface area contributed by atoms with Crippen LogP contribution < -0.4 is 5.32 Å². The summed E-state index contributed by atoms with van der Waals surface area (Å²) in [7, 11) is 1.27. The first-order chi connectivity index (χ1) is 10.8. The molecule has 2 N–H and O–H groups in total. The van der Waals surface area contributed by atoms with Crippen molar-refractivity contribution in [3.05, 3.63) is 52.9 Å². The molecule has 2 rings (SSSR count). The molecule has 0 aliphatic carbocycles. The van der Waals surface area contributed by atoms with Gasteiger partial charge in [-0.1, -0.05) is 17.3 Å². The van der Waals surface area contributed by atoms with Crippen molar-refractivity contribution in [2.45, 2.75) is 25.9 Å². The fourth-order valence-electron chi connectivity index (χ4n) is 1.95. The van der Waals surface area contributed by atoms with E-state index in [-0.39, 0.29) is 11.3 Å². The highest BCUT2D eigenvalue weighted by Crippen LogP contribution is 2.21. The van der Waals surface area contributed by atoms with E-state index in [2.05, 4.69) is 15.2 Å². The molecule has 0 saturated carbocycles. The van der Waals surface area contributed by atoms with Gasteiger partial charge in [-0.15, -0.1) is 0 Å². The summed E-state index contributed by atoms with van der Waals surface area (Å²) < 4.78 is 9.55. The third-order valence-electron chi connectivity index (χ3n) is 3.47. The molecule has 0 spiro atoms. The molecule has 7 heteroatoms. The van der Waals surface area contributed by atoms with E-state index in [9.17, 15) is 9.59 Å². The van der Waals surface area contributed by atoms with Gasteiger partial charge < -0.3 is 19.7 Å². The molecule has 0 aliphatic heterocycles. The summed E-state index contributed by atoms with van der Waals surface area (Å²) in [5, 5.41) is 16.1. The van der Waals surface area contributed by atoms with Gasteiger partial charge in [-0.3, -0.25) is 0 Å². The van der Waals surface area contributed by atoms with Crippen molar-refractivity contribution >= 4 is 11.9 Å². The number of aromatic nitrogens is 1. The number of nitrogens with zero attached hydrogens (tertiary/aromatic N) is 1. The molecule has 0 saturated heterocycles. The number of ether oxygens (including phenoxy) is 1. The zero-order valence-electron chi connectivity index (χ0n) is 13.1. The van der Waals surface area contributed by atoms with Crippen LogP contribution in [0.1, 0.15) is 46.0 Å². The van der Waals surface area contributed by atoms with Crippen molar-refractivity contribution in [1.82, 2.24) is 10.5 Å². The smallest absolute Gasteiger partial charge is 0.376 e. The standard InChI is InChI=1S/C16H18N2O5/c1-16(2,13-8-12(23-18-13)15(21)22-3)17-9-10-4-6-11(7-5-10)14(19)20/h4-8,17H,9H2,1-3H3,(H,19,20). The molecule has 0 bridgehead atoms. The molecule has 7 nitrogen and oxygen atoms in total. The number of carbonyl (C=O) groups is 2. The number of benzene rings is 1. The van der Waals surface area contributed by atoms with Crippen molar-refractivity contribution in [3.63, 3.8) is 0 Å². The van der Waals surface area contributed by atoms with E-state index in [1.165, 1.54) is 13.2 Å². The van der Waals surface area contributed by atoms with Crippen molar-refractivity contribution in [1.29, 1.82) is 0 Å². The number of aromatic carboxylic acids is 1. The van der Waals surface area contributed by atoms with Crippen molar-refractivity contribution in [2.75, 3.05) is 7.11 Å². The monoisotopic (exact) mass is 318 g/mol. The van der Waals surface area contributed by atoms with Gasteiger partial charge in [0.15, 0.2) is 0 Å². The fourth-order valence-corrected chi connectivity index (χ4v) is 1.95. The van der Waals surface area contributed by atoms with E-state index < -0.39 is 17.5 Å². The van der Waals surface area contributed by atoms with Crippen LogP contribution in [0.5, 0.6) is 0 Å². The van der Waals surface area contributed by atoms with Crippen LogP contribution in [0.15, 0.2) is 34.9 Å². The molecule has 0 aliphatic rings. The molecule has 1 heterocycles. The number of hydrogen-bond donors (Lipinski definition) is 2. The Bertz CT molecular complexity index is 704. The lowest BCUT2D eigenvalue weighted by atomic mass is 9.99. The molecule has 0 fully saturated rings. The van der Waals surface area contributed by atoms with Crippen LogP contribution in [0.2, 0.25) is 0 Å². The van der Waals surface area contributed by atoms with E-state index in [1.807, 2.05) is 13.8 Å². The van der Waals surface area contributed by atoms with Crippen LogP contribution in [-0.4, -0.2) is 29.3 Å². The Labute approximate surface area is 133 Å². The first-order valence-electron chi connectivity index (χ1n) is 6.96. The topological polar surface area (TPSA) is 102 Å². The summed E-state index contributed by atoms with van der Waals surface area (Å²) >= 11 is 0. The quantitative estimate of drug-likeness (QED) is 0.787. The summed E-state index contributed by atoms with van der Waals surface area (Å²) in [6.07, 6.45) is 0. The Hall–Kier alpha value is -2.67. The van der Waals surface area contributed by atoms with Crippen LogP contribution in [-0.2, 0) is 16.8 Å². The normalized spacial score (nSPS) is 11.3. The zero-order chi connectivity index (χ0) is 17.0. The van der Waals surface area contributed by atoms with Gasteiger partial charge in [0.1, 0.15) is 5.69 Å². The molecule has 1 aromatic heterocycles. The van der Waals surface area contributed by atoms with Crippen molar-refractivity contribution in [3.8, 4) is 0 Å². The van der Waals surface area contributed by atoms with Crippen LogP contribution in [0.4, 0.5) is 0 Å². The molecule has 0 atom stereocenters. The van der Waals surface area contributed by atoms with Gasteiger partial charge in [-0.25, -0.2) is 9.59 Å². The minimum absolute atomic E-state index is 0.0446. The molecule has 1 aromatic carbocycles. The second kappa shape index (κ2) is 6.62. The molecule has 23 heavy (non-hydrogen) atoms. The molecule has 122 valence electrons. The van der Waals surface area contributed by atoms with Crippen molar-refractivity contribution < 1.29 is 24.0 Å². The van der Waals surface area contributed by atoms with E-state index in [0.717, 1.165) is 5.56 Å². The average molecular weight is 318 g/mol. The Balaban J connectivity index is 2.04. The largest absolute Gasteiger partial charge is 0.478 e. The molecular weight excluding hydrogens is 300 g/mol. The maximum atomic E-state index is 11.4. The predicted molar refractivity (Wildman–Crippen MR) is 81.1 cm³/mol. The number of carbonyl (C=O) groups excluding carboxylic acids is 1. The average Bonchev–Trinajstić information content (AvgIpc) is 3.03. The number of rotatable bonds is 6. The summed E-state index contributed by atoms with van der Waals surface area (Å²) in [5.74, 6) is -1.49. The lowest BCUT2D eigenvalue weighted by Gasteiger charge is -2.23. The summed E-state index contributed by atoms with van der Waals surface area (Å²) in [5.41, 5.74) is 1.20. The van der Waals surface area contributed by atoms with Gasteiger partial charge in [0, 0.05) is 12.6 Å². The number of carboxylic acids is 1. The summed E-state index contributed by atoms with van der Waals surface area (Å²) in [4.78, 5) is 22.2. The second-order valence-corrected chi connectivity index (χ2v) is 5.55. The predicted octanol–water partition coefficient (Wildman–Crippen LogP) is 2.18. The zero-order valence-corrected chi connectivity index (χ0v) is 13.1. The number of hydrogen-bond acceptors (Lipinski definition) is 6. The van der Waals surface area contributed by atoms with Crippen LogP contribution in [0.25, 0.3) is 0 Å². The van der Waals surface area contributed by atoms with Gasteiger partial charge in [0.2, 0.25) is 5.76 Å². The Morgan fingerprint density at radius 1 is 1.30 bits per heavy atom. The Kier molecular flexibility index (Phi) is 4.80. The van der Waals surface area contributed by atoms with Crippen LogP contribution in [0, 0.1) is 0 Å². The fraction of sp³-hybridized carbons (Fsp3) is 0.312. The minimum atomic E-state index is -0.956. The van der Waals surface area contributed by atoms with Gasteiger partial charge in [-0.05, 0) is 31.5 Å². The SMILES string of the molecule is COC(=O)c1cc(C(C)(C)NCc2ccc(C(=O)O)cc2)no1. The Morgan fingerprint density at radius 3 is 2.52 bits per heavy atom. The maximum absolute atomic E-state index is 11.4. The molecule has 0 amide bonds. The lowest BCUT2D eigenvalue weighted by Crippen LogP contribution is -2.36. The molecule has 2 aromatic rings. The van der Waals surface area contributed by atoms with Gasteiger partial charge in [0.05, 0.1) is 18.2 Å². The highest BCUT2D eigenvalue weighted by molar-refractivity contribution is 5.87. The number of methoxy groups -OCH3 is 1. The third-order valence-corrected chi connectivity index (χ3v) is 3.47. The first-order valence-corrected chi connectivity index (χ1v) is 6.96. The van der Waals surface area contributed by atoms with E-state index in [0.29, 0.717) is 12.2 Å². The highest BCUT2D eigenvalue weighted by atomic mass is 16.5. The summed E-state index contributed by atoms with van der Waals surface area (Å²) in [6, 6.07) is 8.13. The third kappa shape index (κ3) is 3.95. The number of carboxylic acid groups (broad SMARTS) is 1. The second-order valence-electron chi connectivity index (χ2n) is 5.55. The lowest BCUT2D eigenvalue weighted by molar-refractivity contribution is 0.0553. The van der Waals surface area contributed by atoms with E-state index in [1.54, 1.807) is 24.3 Å². The van der Waals surface area contributed by atoms with Crippen LogP contribution in [0.3, 0.4) is 0 Å². The van der Waals surface area contributed by atoms with Crippen molar-refractivity contribution in [2.24, 2.45) is 0 Å². The van der Waals surface area contributed by atoms with Crippen LogP contribution >= 0.6 is 0 Å². The summed E-state index contributed by atoms with van der Waals surface area (Å²) in [6.45, 7) is 4.31. The first kappa shape index (κ1) is 16.7. The number of esters is 1. The molecular formula is C16H18N2O5. The molecule has 0 radical (unpaired) electrons.